The minimum Gasteiger partial charge on any atom is -0.508 e. The van der Waals surface area contributed by atoms with Gasteiger partial charge in [-0.05, 0) is 68.5 Å². The highest BCUT2D eigenvalue weighted by Gasteiger charge is 2.43. The zero-order valence-electron chi connectivity index (χ0n) is 18.4. The molecule has 0 saturated carbocycles. The van der Waals surface area contributed by atoms with Crippen LogP contribution < -0.4 is 5.32 Å². The molecule has 0 aliphatic carbocycles. The minimum atomic E-state index is -0.240. The topological polar surface area (TPSA) is 91.2 Å². The van der Waals surface area contributed by atoms with Crippen molar-refractivity contribution in [3.63, 3.8) is 0 Å². The molecule has 0 unspecified atom stereocenters. The maximum Gasteiger partial charge on any atom is 0.229 e. The average Bonchev–Trinajstić information content (AvgIpc) is 3.22. The SMILES string of the molecule is Cc1nc2c(cc1-c1ncccn1)CC[C@@]1(CCN(C(=O)[C@@H](C)c3ccc(O)cc3)C1)N2. The molecule has 2 aliphatic rings. The Morgan fingerprint density at radius 3 is 2.69 bits per heavy atom. The fourth-order valence-electron chi connectivity index (χ4n) is 4.84. The number of aromatic hydroxyl groups is 1. The first-order valence-corrected chi connectivity index (χ1v) is 11.1. The normalized spacial score (nSPS) is 20.6. The number of nitrogens with zero attached hydrogens (tertiary/aromatic N) is 4. The summed E-state index contributed by atoms with van der Waals surface area (Å²) in [4.78, 5) is 28.7. The van der Waals surface area contributed by atoms with E-state index in [9.17, 15) is 9.90 Å². The van der Waals surface area contributed by atoms with Gasteiger partial charge in [-0.2, -0.15) is 0 Å². The van der Waals surface area contributed by atoms with E-state index in [1.165, 1.54) is 5.56 Å². The lowest BCUT2D eigenvalue weighted by Gasteiger charge is -2.36. The lowest BCUT2D eigenvalue weighted by molar-refractivity contribution is -0.131. The van der Waals surface area contributed by atoms with Gasteiger partial charge in [0.25, 0.3) is 0 Å². The molecule has 1 fully saturated rings. The number of carbonyl (C=O) groups excluding carboxylic acids is 1. The lowest BCUT2D eigenvalue weighted by atomic mass is 9.86. The van der Waals surface area contributed by atoms with E-state index in [1.54, 1.807) is 24.5 Å². The van der Waals surface area contributed by atoms with Gasteiger partial charge in [-0.15, -0.1) is 0 Å². The highest BCUT2D eigenvalue weighted by atomic mass is 16.3. The van der Waals surface area contributed by atoms with Crippen LogP contribution in [0, 0.1) is 6.92 Å². The first kappa shape index (κ1) is 20.4. The summed E-state index contributed by atoms with van der Waals surface area (Å²) in [7, 11) is 0. The van der Waals surface area contributed by atoms with Crippen LogP contribution in [0.25, 0.3) is 11.4 Å². The summed E-state index contributed by atoms with van der Waals surface area (Å²) in [6.45, 7) is 5.33. The van der Waals surface area contributed by atoms with Gasteiger partial charge in [0, 0.05) is 31.0 Å². The molecule has 2 aromatic heterocycles. The Hall–Kier alpha value is -3.48. The van der Waals surface area contributed by atoms with Crippen molar-refractivity contribution in [1.82, 2.24) is 19.9 Å². The maximum atomic E-state index is 13.2. The zero-order valence-corrected chi connectivity index (χ0v) is 18.4. The molecule has 2 N–H and O–H groups in total. The van der Waals surface area contributed by atoms with Crippen molar-refractivity contribution in [2.75, 3.05) is 18.4 Å². The lowest BCUT2D eigenvalue weighted by Crippen LogP contribution is -2.46. The van der Waals surface area contributed by atoms with Crippen molar-refractivity contribution in [2.45, 2.75) is 44.6 Å². The van der Waals surface area contributed by atoms with Crippen molar-refractivity contribution in [1.29, 1.82) is 0 Å². The molecular weight excluding hydrogens is 402 g/mol. The molecule has 1 aromatic carbocycles. The number of fused-ring (bicyclic) bond motifs is 1. The summed E-state index contributed by atoms with van der Waals surface area (Å²) in [6, 6.07) is 10.9. The highest BCUT2D eigenvalue weighted by Crippen LogP contribution is 2.38. The molecule has 7 heteroatoms. The highest BCUT2D eigenvalue weighted by molar-refractivity contribution is 5.84. The summed E-state index contributed by atoms with van der Waals surface area (Å²) in [5, 5.41) is 13.2. The molecule has 3 aromatic rings. The third kappa shape index (κ3) is 3.68. The largest absolute Gasteiger partial charge is 0.508 e. The van der Waals surface area contributed by atoms with Gasteiger partial charge in [-0.1, -0.05) is 12.1 Å². The van der Waals surface area contributed by atoms with Crippen LogP contribution in [-0.2, 0) is 11.2 Å². The van der Waals surface area contributed by atoms with Gasteiger partial charge in [-0.25, -0.2) is 15.0 Å². The summed E-state index contributed by atoms with van der Waals surface area (Å²) in [5.41, 5.74) is 3.82. The number of pyridine rings is 1. The third-order valence-corrected chi connectivity index (χ3v) is 6.78. The number of nitrogens with one attached hydrogen (secondary N) is 1. The van der Waals surface area contributed by atoms with Crippen molar-refractivity contribution in [2.24, 2.45) is 0 Å². The predicted octanol–water partition coefficient (Wildman–Crippen LogP) is 3.69. The number of aryl methyl sites for hydroxylation is 2. The van der Waals surface area contributed by atoms with Gasteiger partial charge in [0.05, 0.1) is 17.2 Å². The Morgan fingerprint density at radius 2 is 1.94 bits per heavy atom. The third-order valence-electron chi connectivity index (χ3n) is 6.78. The molecular formula is C25H27N5O2. The van der Waals surface area contributed by atoms with Crippen LogP contribution >= 0.6 is 0 Å². The minimum absolute atomic E-state index is 0.126. The number of phenolic OH excluding ortho intramolecular Hbond substituents is 1. The molecule has 1 amide bonds. The van der Waals surface area contributed by atoms with E-state index in [0.29, 0.717) is 12.4 Å². The summed E-state index contributed by atoms with van der Waals surface area (Å²) in [5.74, 6) is 1.70. The average molecular weight is 430 g/mol. The van der Waals surface area contributed by atoms with Crippen LogP contribution in [0.4, 0.5) is 5.82 Å². The van der Waals surface area contributed by atoms with Gasteiger partial charge in [-0.3, -0.25) is 4.79 Å². The fourth-order valence-corrected chi connectivity index (χ4v) is 4.84. The van der Waals surface area contributed by atoms with Crippen LogP contribution in [0.15, 0.2) is 48.8 Å². The zero-order chi connectivity index (χ0) is 22.3. The molecule has 0 bridgehead atoms. The maximum absolute atomic E-state index is 13.2. The first-order chi connectivity index (χ1) is 15.4. The molecule has 4 heterocycles. The molecule has 2 atom stereocenters. The fraction of sp³-hybridized carbons (Fsp3) is 0.360. The molecule has 164 valence electrons. The molecule has 7 nitrogen and oxygen atoms in total. The number of aromatic nitrogens is 3. The number of likely N-dealkylation sites (tertiary alicyclic amines) is 1. The Labute approximate surface area is 187 Å². The summed E-state index contributed by atoms with van der Waals surface area (Å²) < 4.78 is 0. The number of benzene rings is 1. The Kier molecular flexibility index (Phi) is 5.04. The van der Waals surface area contributed by atoms with E-state index < -0.39 is 0 Å². The van der Waals surface area contributed by atoms with E-state index in [1.807, 2.05) is 36.9 Å². The van der Waals surface area contributed by atoms with Crippen LogP contribution in [0.5, 0.6) is 5.75 Å². The van der Waals surface area contributed by atoms with Crippen molar-refractivity contribution < 1.29 is 9.90 Å². The number of rotatable bonds is 3. The van der Waals surface area contributed by atoms with Crippen molar-refractivity contribution >= 4 is 11.7 Å². The molecule has 2 aliphatic heterocycles. The van der Waals surface area contributed by atoms with Gasteiger partial charge in [0.15, 0.2) is 5.82 Å². The number of anilines is 1. The number of carbonyl (C=O) groups is 1. The number of phenols is 1. The van der Waals surface area contributed by atoms with Crippen LogP contribution in [0.3, 0.4) is 0 Å². The molecule has 0 radical (unpaired) electrons. The van der Waals surface area contributed by atoms with Crippen LogP contribution in [0.2, 0.25) is 0 Å². The van der Waals surface area contributed by atoms with E-state index in [-0.39, 0.29) is 23.1 Å². The number of hydrogen-bond donors (Lipinski definition) is 2. The van der Waals surface area contributed by atoms with E-state index in [0.717, 1.165) is 48.4 Å². The van der Waals surface area contributed by atoms with E-state index >= 15 is 0 Å². The first-order valence-electron chi connectivity index (χ1n) is 11.1. The Morgan fingerprint density at radius 1 is 1.19 bits per heavy atom. The van der Waals surface area contributed by atoms with Gasteiger partial charge in [0.1, 0.15) is 11.6 Å². The van der Waals surface area contributed by atoms with Gasteiger partial charge >= 0.3 is 0 Å². The van der Waals surface area contributed by atoms with Crippen LogP contribution in [0.1, 0.15) is 42.5 Å². The summed E-state index contributed by atoms with van der Waals surface area (Å²) >= 11 is 0. The smallest absolute Gasteiger partial charge is 0.229 e. The number of amides is 1. The molecule has 1 spiro atoms. The van der Waals surface area contributed by atoms with Gasteiger partial charge in [0.2, 0.25) is 5.91 Å². The summed E-state index contributed by atoms with van der Waals surface area (Å²) in [6.07, 6.45) is 6.27. The monoisotopic (exact) mass is 429 g/mol. The number of hydrogen-bond acceptors (Lipinski definition) is 6. The van der Waals surface area contributed by atoms with Gasteiger partial charge < -0.3 is 15.3 Å². The standard InChI is InChI=1S/C25H27N5O2/c1-16(18-4-6-20(31)7-5-18)24(32)30-13-10-25(15-30)9-8-19-14-21(17(2)28-22(19)29-25)23-26-11-3-12-27-23/h3-7,11-12,14,16,31H,8-10,13,15H2,1-2H3,(H,28,29)/t16-,25-/m0/s1. The molecule has 1 saturated heterocycles. The van der Waals surface area contributed by atoms with E-state index in [4.69, 9.17) is 4.98 Å². The van der Waals surface area contributed by atoms with Crippen molar-refractivity contribution in [3.05, 3.63) is 65.6 Å². The van der Waals surface area contributed by atoms with E-state index in [2.05, 4.69) is 21.4 Å². The Balaban J connectivity index is 1.33. The molecule has 5 rings (SSSR count). The second kappa shape index (κ2) is 7.89. The van der Waals surface area contributed by atoms with Crippen molar-refractivity contribution in [3.8, 4) is 17.1 Å². The predicted molar refractivity (Wildman–Crippen MR) is 122 cm³/mol. The second-order valence-corrected chi connectivity index (χ2v) is 8.93. The van der Waals surface area contributed by atoms with Crippen LogP contribution in [-0.4, -0.2) is 49.5 Å². The molecule has 32 heavy (non-hydrogen) atoms. The second-order valence-electron chi connectivity index (χ2n) is 8.93. The quantitative estimate of drug-likeness (QED) is 0.660. The Bertz CT molecular complexity index is 1150.